The summed E-state index contributed by atoms with van der Waals surface area (Å²) >= 11 is 11.9. The minimum absolute atomic E-state index is 0.375. The average Bonchev–Trinajstić information content (AvgIpc) is 2.81. The number of rotatable bonds is 2. The molecule has 0 aliphatic carbocycles. The van der Waals surface area contributed by atoms with Gasteiger partial charge in [0.05, 0.1) is 5.02 Å². The molecule has 0 unspecified atom stereocenters. The van der Waals surface area contributed by atoms with Crippen molar-refractivity contribution in [3.63, 3.8) is 0 Å². The molecule has 0 aliphatic heterocycles. The molecule has 7 heteroatoms. The van der Waals surface area contributed by atoms with Gasteiger partial charge in [0.25, 0.3) is 0 Å². The molecule has 0 spiro atoms. The van der Waals surface area contributed by atoms with Gasteiger partial charge in [-0.25, -0.2) is 4.98 Å². The highest BCUT2D eigenvalue weighted by Crippen LogP contribution is 2.31. The summed E-state index contributed by atoms with van der Waals surface area (Å²) in [6.07, 6.45) is 3.11. The summed E-state index contributed by atoms with van der Waals surface area (Å²) in [4.78, 5) is 4.10. The average molecular weight is 281 g/mol. The second-order valence-electron chi connectivity index (χ2n) is 3.50. The fraction of sp³-hybridized carbons (Fsp3) is 0. The molecule has 0 aliphatic rings. The van der Waals surface area contributed by atoms with Crippen molar-refractivity contribution in [2.75, 3.05) is 0 Å². The van der Waals surface area contributed by atoms with E-state index in [0.29, 0.717) is 27.3 Å². The lowest BCUT2D eigenvalue weighted by Crippen LogP contribution is -1.92. The largest absolute Gasteiger partial charge is 0.437 e. The molecule has 2 aromatic heterocycles. The highest BCUT2D eigenvalue weighted by Gasteiger charge is 2.06. The summed E-state index contributed by atoms with van der Waals surface area (Å²) in [7, 11) is 0. The fourth-order valence-corrected chi connectivity index (χ4v) is 1.75. The van der Waals surface area contributed by atoms with Crippen LogP contribution in [0.25, 0.3) is 5.65 Å². The van der Waals surface area contributed by atoms with Gasteiger partial charge in [0.15, 0.2) is 5.65 Å². The highest BCUT2D eigenvalue weighted by atomic mass is 35.5. The zero-order valence-corrected chi connectivity index (χ0v) is 10.4. The molecule has 0 amide bonds. The van der Waals surface area contributed by atoms with Crippen molar-refractivity contribution < 1.29 is 4.74 Å². The van der Waals surface area contributed by atoms with Crippen LogP contribution in [0.1, 0.15) is 0 Å². The first-order valence-corrected chi connectivity index (χ1v) is 5.76. The first-order chi connectivity index (χ1) is 8.72. The zero-order valence-electron chi connectivity index (χ0n) is 8.92. The molecule has 3 aromatic rings. The number of nitrogens with zero attached hydrogens (tertiary/aromatic N) is 4. The van der Waals surface area contributed by atoms with Crippen molar-refractivity contribution >= 4 is 28.8 Å². The zero-order chi connectivity index (χ0) is 12.5. The van der Waals surface area contributed by atoms with E-state index < -0.39 is 0 Å². The van der Waals surface area contributed by atoms with Gasteiger partial charge < -0.3 is 4.74 Å². The van der Waals surface area contributed by atoms with Crippen LogP contribution in [0.2, 0.25) is 10.0 Å². The van der Waals surface area contributed by atoms with E-state index >= 15 is 0 Å². The highest BCUT2D eigenvalue weighted by molar-refractivity contribution is 6.34. The molecule has 2 heterocycles. The van der Waals surface area contributed by atoms with Crippen LogP contribution in [0.15, 0.2) is 36.9 Å². The maximum Gasteiger partial charge on any atom is 0.224 e. The number of ether oxygens (including phenoxy) is 1. The minimum Gasteiger partial charge on any atom is -0.437 e. The van der Waals surface area contributed by atoms with Gasteiger partial charge in [-0.1, -0.05) is 23.2 Å². The Balaban J connectivity index is 1.97. The third kappa shape index (κ3) is 2.10. The van der Waals surface area contributed by atoms with E-state index in [1.54, 1.807) is 41.3 Å². The SMILES string of the molecule is Clc1ccc(Cl)c(Oc2cc3nncn3cn2)c1. The monoisotopic (exact) mass is 280 g/mol. The normalized spacial score (nSPS) is 10.8. The number of aromatic nitrogens is 4. The molecule has 0 radical (unpaired) electrons. The first kappa shape index (κ1) is 11.3. The molecule has 1 aromatic carbocycles. The van der Waals surface area contributed by atoms with E-state index in [4.69, 9.17) is 27.9 Å². The Kier molecular flexibility index (Phi) is 2.77. The molecular formula is C11H6Cl2N4O. The van der Waals surface area contributed by atoms with Gasteiger partial charge in [0.2, 0.25) is 5.88 Å². The van der Waals surface area contributed by atoms with Gasteiger partial charge in [-0.2, -0.15) is 0 Å². The van der Waals surface area contributed by atoms with E-state index in [0.717, 1.165) is 0 Å². The fourth-order valence-electron chi connectivity index (χ4n) is 1.43. The molecule has 0 atom stereocenters. The van der Waals surface area contributed by atoms with Crippen molar-refractivity contribution in [3.8, 4) is 11.6 Å². The molecule has 0 saturated heterocycles. The van der Waals surface area contributed by atoms with Crippen LogP contribution in [-0.2, 0) is 0 Å². The Hall–Kier alpha value is -1.85. The number of fused-ring (bicyclic) bond motifs is 1. The van der Waals surface area contributed by atoms with Gasteiger partial charge in [0.1, 0.15) is 18.4 Å². The number of benzene rings is 1. The molecule has 18 heavy (non-hydrogen) atoms. The molecule has 90 valence electrons. The van der Waals surface area contributed by atoms with Gasteiger partial charge >= 0.3 is 0 Å². The van der Waals surface area contributed by atoms with Crippen LogP contribution in [0.5, 0.6) is 11.6 Å². The molecule has 0 N–H and O–H groups in total. The lowest BCUT2D eigenvalue weighted by molar-refractivity contribution is 0.462. The van der Waals surface area contributed by atoms with Crippen molar-refractivity contribution in [3.05, 3.63) is 47.0 Å². The molecule has 0 bridgehead atoms. The van der Waals surface area contributed by atoms with Gasteiger partial charge in [-0.15, -0.1) is 10.2 Å². The lowest BCUT2D eigenvalue weighted by atomic mass is 10.3. The topological polar surface area (TPSA) is 52.3 Å². The van der Waals surface area contributed by atoms with E-state index in [-0.39, 0.29) is 0 Å². The lowest BCUT2D eigenvalue weighted by Gasteiger charge is -2.06. The predicted molar refractivity (Wildman–Crippen MR) is 67.3 cm³/mol. The van der Waals surface area contributed by atoms with Crippen LogP contribution < -0.4 is 4.74 Å². The van der Waals surface area contributed by atoms with Gasteiger partial charge in [0, 0.05) is 17.2 Å². The third-order valence-electron chi connectivity index (χ3n) is 2.27. The summed E-state index contributed by atoms with van der Waals surface area (Å²) in [5, 5.41) is 8.65. The Morgan fingerprint density at radius 2 is 2.00 bits per heavy atom. The Morgan fingerprint density at radius 3 is 2.89 bits per heavy atom. The number of halogens is 2. The van der Waals surface area contributed by atoms with E-state index in [1.807, 2.05) is 0 Å². The molecular weight excluding hydrogens is 275 g/mol. The Labute approximate surface area is 112 Å². The summed E-state index contributed by atoms with van der Waals surface area (Å²) in [5.41, 5.74) is 0.637. The summed E-state index contributed by atoms with van der Waals surface area (Å²) < 4.78 is 7.23. The minimum atomic E-state index is 0.375. The molecule has 3 rings (SSSR count). The second-order valence-corrected chi connectivity index (χ2v) is 4.34. The van der Waals surface area contributed by atoms with E-state index in [1.165, 1.54) is 0 Å². The van der Waals surface area contributed by atoms with Crippen LogP contribution in [0, 0.1) is 0 Å². The Morgan fingerprint density at radius 1 is 1.11 bits per heavy atom. The van der Waals surface area contributed by atoms with E-state index in [9.17, 15) is 0 Å². The van der Waals surface area contributed by atoms with Crippen molar-refractivity contribution in [2.24, 2.45) is 0 Å². The molecule has 5 nitrogen and oxygen atoms in total. The standard InChI is InChI=1S/C11H6Cl2N4O/c12-7-1-2-8(13)9(3-7)18-11-4-10-16-15-6-17(10)5-14-11/h1-6H. The Bertz CT molecular complexity index is 713. The third-order valence-corrected chi connectivity index (χ3v) is 2.82. The van der Waals surface area contributed by atoms with E-state index in [2.05, 4.69) is 15.2 Å². The second kappa shape index (κ2) is 4.44. The summed E-state index contributed by atoms with van der Waals surface area (Å²) in [5.74, 6) is 0.820. The molecule has 0 fully saturated rings. The molecule has 0 saturated carbocycles. The first-order valence-electron chi connectivity index (χ1n) is 5.01. The quantitative estimate of drug-likeness (QED) is 0.723. The predicted octanol–water partition coefficient (Wildman–Crippen LogP) is 3.22. The van der Waals surface area contributed by atoms with Crippen LogP contribution >= 0.6 is 23.2 Å². The van der Waals surface area contributed by atoms with Crippen LogP contribution in [0.3, 0.4) is 0 Å². The van der Waals surface area contributed by atoms with Crippen molar-refractivity contribution in [2.45, 2.75) is 0 Å². The van der Waals surface area contributed by atoms with Crippen molar-refractivity contribution in [1.82, 2.24) is 19.6 Å². The summed E-state index contributed by atoms with van der Waals surface area (Å²) in [6.45, 7) is 0. The van der Waals surface area contributed by atoms with Crippen molar-refractivity contribution in [1.29, 1.82) is 0 Å². The van der Waals surface area contributed by atoms with Gasteiger partial charge in [-0.05, 0) is 12.1 Å². The number of hydrogen-bond donors (Lipinski definition) is 0. The van der Waals surface area contributed by atoms with Crippen LogP contribution in [-0.4, -0.2) is 19.6 Å². The summed E-state index contributed by atoms with van der Waals surface area (Å²) in [6, 6.07) is 6.63. The number of hydrogen-bond acceptors (Lipinski definition) is 4. The maximum atomic E-state index is 6.00. The maximum absolute atomic E-state index is 6.00. The van der Waals surface area contributed by atoms with Crippen LogP contribution in [0.4, 0.5) is 0 Å². The van der Waals surface area contributed by atoms with Gasteiger partial charge in [-0.3, -0.25) is 4.40 Å². The smallest absolute Gasteiger partial charge is 0.224 e.